The van der Waals surface area contributed by atoms with Crippen LogP contribution >= 0.6 is 0 Å². The van der Waals surface area contributed by atoms with E-state index in [2.05, 4.69) is 0 Å². The summed E-state index contributed by atoms with van der Waals surface area (Å²) in [6.45, 7) is 3.30. The molecule has 0 fully saturated rings. The van der Waals surface area contributed by atoms with Crippen molar-refractivity contribution in [3.8, 4) is 6.07 Å². The Morgan fingerprint density at radius 2 is 2.18 bits per heavy atom. The van der Waals surface area contributed by atoms with Crippen LogP contribution in [0.15, 0.2) is 28.7 Å². The molecule has 86 valence electrons. The molecule has 0 saturated heterocycles. The van der Waals surface area contributed by atoms with Crippen molar-refractivity contribution in [3.63, 3.8) is 0 Å². The zero-order valence-electron chi connectivity index (χ0n) is 9.56. The highest BCUT2D eigenvalue weighted by Gasteiger charge is 2.20. The predicted molar refractivity (Wildman–Crippen MR) is 61.4 cm³/mol. The third-order valence-electron chi connectivity index (χ3n) is 2.49. The number of nitrogens with zero attached hydrogens (tertiary/aromatic N) is 1. The van der Waals surface area contributed by atoms with Gasteiger partial charge >= 0.3 is 5.97 Å². The summed E-state index contributed by atoms with van der Waals surface area (Å²) in [7, 11) is 0. The van der Waals surface area contributed by atoms with Crippen molar-refractivity contribution in [2.75, 3.05) is 0 Å². The Balaban J connectivity index is 2.40. The smallest absolute Gasteiger partial charge is 0.375 e. The number of furan rings is 1. The molecule has 0 saturated carbocycles. The SMILES string of the molecule is Cc1c(C(=O)O[C@@H](C)C#N)oc2ccccc12. The molecule has 0 bridgehead atoms. The number of para-hydroxylation sites is 1. The zero-order valence-corrected chi connectivity index (χ0v) is 9.56. The monoisotopic (exact) mass is 229 g/mol. The van der Waals surface area contributed by atoms with Gasteiger partial charge in [0, 0.05) is 10.9 Å². The van der Waals surface area contributed by atoms with E-state index >= 15 is 0 Å². The number of nitriles is 1. The van der Waals surface area contributed by atoms with E-state index < -0.39 is 12.1 Å². The topological polar surface area (TPSA) is 63.2 Å². The van der Waals surface area contributed by atoms with Gasteiger partial charge in [0.15, 0.2) is 6.10 Å². The molecule has 1 aromatic carbocycles. The van der Waals surface area contributed by atoms with E-state index in [1.165, 1.54) is 6.92 Å². The molecule has 4 nitrogen and oxygen atoms in total. The third-order valence-corrected chi connectivity index (χ3v) is 2.49. The van der Waals surface area contributed by atoms with Crippen LogP contribution in [0.4, 0.5) is 0 Å². The second kappa shape index (κ2) is 4.30. The Morgan fingerprint density at radius 3 is 2.82 bits per heavy atom. The van der Waals surface area contributed by atoms with Gasteiger partial charge in [-0.3, -0.25) is 0 Å². The summed E-state index contributed by atoms with van der Waals surface area (Å²) in [5.41, 5.74) is 1.37. The van der Waals surface area contributed by atoms with Crippen molar-refractivity contribution in [1.82, 2.24) is 0 Å². The summed E-state index contributed by atoms with van der Waals surface area (Å²) in [6, 6.07) is 9.20. The first-order valence-corrected chi connectivity index (χ1v) is 5.22. The Morgan fingerprint density at radius 1 is 1.47 bits per heavy atom. The van der Waals surface area contributed by atoms with E-state index in [0.717, 1.165) is 10.9 Å². The van der Waals surface area contributed by atoms with Crippen molar-refractivity contribution in [2.45, 2.75) is 20.0 Å². The summed E-state index contributed by atoms with van der Waals surface area (Å²) in [5.74, 6) is -0.443. The second-order valence-corrected chi connectivity index (χ2v) is 3.73. The van der Waals surface area contributed by atoms with Gasteiger partial charge in [-0.1, -0.05) is 18.2 Å². The van der Waals surface area contributed by atoms with E-state index in [0.29, 0.717) is 5.58 Å². The lowest BCUT2D eigenvalue weighted by atomic mass is 10.1. The molecule has 0 amide bonds. The molecular weight excluding hydrogens is 218 g/mol. The lowest BCUT2D eigenvalue weighted by molar-refractivity contribution is 0.0400. The van der Waals surface area contributed by atoms with Crippen LogP contribution in [0.25, 0.3) is 11.0 Å². The predicted octanol–water partition coefficient (Wildman–Crippen LogP) is 2.81. The maximum atomic E-state index is 11.7. The molecule has 0 radical (unpaired) electrons. The van der Waals surface area contributed by atoms with Gasteiger partial charge < -0.3 is 9.15 Å². The quantitative estimate of drug-likeness (QED) is 0.743. The van der Waals surface area contributed by atoms with Crippen molar-refractivity contribution in [3.05, 3.63) is 35.6 Å². The van der Waals surface area contributed by atoms with Crippen LogP contribution in [0.5, 0.6) is 0 Å². The van der Waals surface area contributed by atoms with Crippen LogP contribution in [0.2, 0.25) is 0 Å². The van der Waals surface area contributed by atoms with Gasteiger partial charge in [0.25, 0.3) is 0 Å². The van der Waals surface area contributed by atoms with E-state index in [1.807, 2.05) is 24.3 Å². The molecule has 1 heterocycles. The van der Waals surface area contributed by atoms with Gasteiger partial charge in [-0.25, -0.2) is 4.79 Å². The average molecular weight is 229 g/mol. The number of rotatable bonds is 2. The lowest BCUT2D eigenvalue weighted by Crippen LogP contribution is -2.13. The summed E-state index contributed by atoms with van der Waals surface area (Å²) < 4.78 is 10.3. The molecule has 1 aromatic heterocycles. The Hall–Kier alpha value is -2.28. The largest absolute Gasteiger partial charge is 0.449 e. The molecule has 0 aliphatic rings. The molecule has 0 N–H and O–H groups in total. The molecule has 0 aliphatic heterocycles. The van der Waals surface area contributed by atoms with Gasteiger partial charge in [0.1, 0.15) is 11.7 Å². The molecule has 0 spiro atoms. The Labute approximate surface area is 98.4 Å². The molecular formula is C13H11NO3. The highest BCUT2D eigenvalue weighted by Crippen LogP contribution is 2.25. The van der Waals surface area contributed by atoms with Gasteiger partial charge in [-0.15, -0.1) is 0 Å². The average Bonchev–Trinajstić information content (AvgIpc) is 2.67. The van der Waals surface area contributed by atoms with E-state index in [1.54, 1.807) is 13.0 Å². The Kier molecular flexibility index (Phi) is 2.84. The Bertz CT molecular complexity index is 607. The molecule has 2 aromatic rings. The minimum Gasteiger partial charge on any atom is -0.449 e. The van der Waals surface area contributed by atoms with Crippen LogP contribution in [0.3, 0.4) is 0 Å². The highest BCUT2D eigenvalue weighted by atomic mass is 16.6. The number of ether oxygens (including phenoxy) is 1. The fraction of sp³-hybridized carbons (Fsp3) is 0.231. The van der Waals surface area contributed by atoms with E-state index in [9.17, 15) is 4.79 Å². The van der Waals surface area contributed by atoms with Gasteiger partial charge in [-0.2, -0.15) is 5.26 Å². The molecule has 17 heavy (non-hydrogen) atoms. The maximum absolute atomic E-state index is 11.7. The van der Waals surface area contributed by atoms with E-state index in [-0.39, 0.29) is 5.76 Å². The molecule has 2 rings (SSSR count). The minimum atomic E-state index is -0.782. The number of aryl methyl sites for hydroxylation is 1. The van der Waals surface area contributed by atoms with Crippen LogP contribution in [0, 0.1) is 18.3 Å². The fourth-order valence-corrected chi connectivity index (χ4v) is 1.61. The number of esters is 1. The normalized spacial score (nSPS) is 12.1. The van der Waals surface area contributed by atoms with Crippen LogP contribution in [-0.4, -0.2) is 12.1 Å². The van der Waals surface area contributed by atoms with Gasteiger partial charge in [0.2, 0.25) is 5.76 Å². The van der Waals surface area contributed by atoms with Crippen molar-refractivity contribution in [1.29, 1.82) is 5.26 Å². The molecule has 1 atom stereocenters. The summed E-state index contributed by atoms with van der Waals surface area (Å²) >= 11 is 0. The molecule has 4 heteroatoms. The second-order valence-electron chi connectivity index (χ2n) is 3.73. The van der Waals surface area contributed by atoms with Gasteiger partial charge in [-0.05, 0) is 19.9 Å². The van der Waals surface area contributed by atoms with E-state index in [4.69, 9.17) is 14.4 Å². The first-order valence-electron chi connectivity index (χ1n) is 5.22. The number of hydrogen-bond acceptors (Lipinski definition) is 4. The van der Waals surface area contributed by atoms with Crippen molar-refractivity contribution >= 4 is 16.9 Å². The lowest BCUT2D eigenvalue weighted by Gasteiger charge is -2.03. The number of carbonyl (C=O) groups is 1. The van der Waals surface area contributed by atoms with Crippen molar-refractivity contribution in [2.24, 2.45) is 0 Å². The first kappa shape index (κ1) is 11.2. The first-order chi connectivity index (χ1) is 8.13. The minimum absolute atomic E-state index is 0.160. The highest BCUT2D eigenvalue weighted by molar-refractivity contribution is 5.95. The standard InChI is InChI=1S/C13H11NO3/c1-8(7-14)16-13(15)12-9(2)10-5-3-4-6-11(10)17-12/h3-6,8H,1-2H3/t8-/m0/s1. The molecule has 0 aliphatic carbocycles. The van der Waals surface area contributed by atoms with Crippen LogP contribution < -0.4 is 0 Å². The number of carbonyl (C=O) groups excluding carboxylic acids is 1. The summed E-state index contributed by atoms with van der Waals surface area (Å²) in [6.07, 6.45) is -0.782. The summed E-state index contributed by atoms with van der Waals surface area (Å²) in [5, 5.41) is 9.46. The van der Waals surface area contributed by atoms with Crippen LogP contribution in [0.1, 0.15) is 23.0 Å². The third kappa shape index (κ3) is 2.00. The maximum Gasteiger partial charge on any atom is 0.375 e. The summed E-state index contributed by atoms with van der Waals surface area (Å²) in [4.78, 5) is 11.7. The number of hydrogen-bond donors (Lipinski definition) is 0. The van der Waals surface area contributed by atoms with Gasteiger partial charge in [0.05, 0.1) is 0 Å². The fourth-order valence-electron chi connectivity index (χ4n) is 1.61. The van der Waals surface area contributed by atoms with Crippen molar-refractivity contribution < 1.29 is 13.9 Å². The zero-order chi connectivity index (χ0) is 12.4. The molecule has 0 unspecified atom stereocenters. The number of benzene rings is 1. The van der Waals surface area contributed by atoms with Crippen LogP contribution in [-0.2, 0) is 4.74 Å². The number of fused-ring (bicyclic) bond motifs is 1.